The summed E-state index contributed by atoms with van der Waals surface area (Å²) in [6.45, 7) is 5.29. The normalized spacial score (nSPS) is 35.7. The van der Waals surface area contributed by atoms with Gasteiger partial charge in [-0.15, -0.1) is 0 Å². The summed E-state index contributed by atoms with van der Waals surface area (Å²) in [7, 11) is 0. The standard InChI is InChI=1S/C10H18N2O3/c1-6(2)4-10(8(11)14)9(3,15)5-7(13)12-10/h6,15H,4-5H2,1-3H3,(H2,11,14)(H,12,13). The second-order valence-electron chi connectivity index (χ2n) is 4.87. The van der Waals surface area contributed by atoms with E-state index in [1.807, 2.05) is 13.8 Å². The molecule has 0 aromatic heterocycles. The van der Waals surface area contributed by atoms with Crippen molar-refractivity contribution in [1.82, 2.24) is 5.32 Å². The number of hydrogen-bond acceptors (Lipinski definition) is 3. The van der Waals surface area contributed by atoms with Gasteiger partial charge in [0, 0.05) is 0 Å². The van der Waals surface area contributed by atoms with Crippen molar-refractivity contribution in [3.63, 3.8) is 0 Å². The first-order valence-corrected chi connectivity index (χ1v) is 5.04. The molecule has 0 bridgehead atoms. The van der Waals surface area contributed by atoms with Crippen LogP contribution in [0.1, 0.15) is 33.6 Å². The van der Waals surface area contributed by atoms with Crippen LogP contribution in [0, 0.1) is 5.92 Å². The summed E-state index contributed by atoms with van der Waals surface area (Å²) in [5.41, 5.74) is 2.58. The Kier molecular flexibility index (Phi) is 2.78. The van der Waals surface area contributed by atoms with Crippen molar-refractivity contribution in [3.05, 3.63) is 0 Å². The van der Waals surface area contributed by atoms with E-state index in [0.717, 1.165) is 0 Å². The molecule has 0 saturated carbocycles. The first-order chi connectivity index (χ1) is 6.71. The zero-order valence-corrected chi connectivity index (χ0v) is 9.33. The Morgan fingerprint density at radius 1 is 1.67 bits per heavy atom. The highest BCUT2D eigenvalue weighted by Gasteiger charge is 2.58. The highest BCUT2D eigenvalue weighted by molar-refractivity contribution is 5.96. The van der Waals surface area contributed by atoms with E-state index in [-0.39, 0.29) is 18.2 Å². The summed E-state index contributed by atoms with van der Waals surface area (Å²) in [6, 6.07) is 0. The lowest BCUT2D eigenvalue weighted by Gasteiger charge is -2.37. The number of nitrogens with two attached hydrogens (primary N) is 1. The van der Waals surface area contributed by atoms with Crippen LogP contribution in [0.4, 0.5) is 0 Å². The van der Waals surface area contributed by atoms with Crippen LogP contribution in [-0.2, 0) is 9.59 Å². The van der Waals surface area contributed by atoms with E-state index < -0.39 is 17.0 Å². The minimum atomic E-state index is -1.40. The quantitative estimate of drug-likeness (QED) is 0.593. The second-order valence-corrected chi connectivity index (χ2v) is 4.87. The van der Waals surface area contributed by atoms with E-state index in [1.165, 1.54) is 6.92 Å². The molecule has 4 N–H and O–H groups in total. The third-order valence-electron chi connectivity index (χ3n) is 2.91. The molecular weight excluding hydrogens is 196 g/mol. The van der Waals surface area contributed by atoms with Crippen molar-refractivity contribution in [3.8, 4) is 0 Å². The highest BCUT2D eigenvalue weighted by Crippen LogP contribution is 2.36. The number of nitrogens with one attached hydrogen (secondary N) is 1. The van der Waals surface area contributed by atoms with Gasteiger partial charge in [-0.25, -0.2) is 0 Å². The van der Waals surface area contributed by atoms with E-state index in [2.05, 4.69) is 5.32 Å². The molecule has 86 valence electrons. The molecule has 2 amide bonds. The summed E-state index contributed by atoms with van der Waals surface area (Å²) in [5, 5.41) is 12.6. The number of carbonyl (C=O) groups excluding carboxylic acids is 2. The molecule has 5 nitrogen and oxygen atoms in total. The number of amides is 2. The van der Waals surface area contributed by atoms with Gasteiger partial charge in [-0.2, -0.15) is 0 Å². The van der Waals surface area contributed by atoms with Gasteiger partial charge in [-0.05, 0) is 19.3 Å². The Bertz CT molecular complexity index is 299. The maximum Gasteiger partial charge on any atom is 0.246 e. The van der Waals surface area contributed by atoms with Crippen molar-refractivity contribution in [2.45, 2.75) is 44.8 Å². The SMILES string of the molecule is CC(C)CC1(C(N)=O)NC(=O)CC1(C)O. The molecule has 0 aromatic rings. The maximum atomic E-state index is 11.5. The smallest absolute Gasteiger partial charge is 0.246 e. The summed E-state index contributed by atoms with van der Waals surface area (Å²) in [6.07, 6.45) is 0.268. The van der Waals surface area contributed by atoms with Gasteiger partial charge >= 0.3 is 0 Å². The topological polar surface area (TPSA) is 92.4 Å². The minimum absolute atomic E-state index is 0.0807. The van der Waals surface area contributed by atoms with Gasteiger partial charge in [0.1, 0.15) is 11.1 Å². The molecule has 0 aliphatic carbocycles. The van der Waals surface area contributed by atoms with Crippen molar-refractivity contribution in [2.75, 3.05) is 0 Å². The van der Waals surface area contributed by atoms with E-state index in [0.29, 0.717) is 6.42 Å². The fraction of sp³-hybridized carbons (Fsp3) is 0.800. The van der Waals surface area contributed by atoms with E-state index in [9.17, 15) is 14.7 Å². The van der Waals surface area contributed by atoms with Gasteiger partial charge in [0.15, 0.2) is 0 Å². The average molecular weight is 214 g/mol. The van der Waals surface area contributed by atoms with Gasteiger partial charge in [0.05, 0.1) is 6.42 Å². The maximum absolute atomic E-state index is 11.5. The minimum Gasteiger partial charge on any atom is -0.387 e. The largest absolute Gasteiger partial charge is 0.387 e. The molecule has 1 aliphatic heterocycles. The molecule has 1 heterocycles. The van der Waals surface area contributed by atoms with Crippen molar-refractivity contribution in [1.29, 1.82) is 0 Å². The van der Waals surface area contributed by atoms with Crippen LogP contribution in [0.25, 0.3) is 0 Å². The molecule has 1 saturated heterocycles. The van der Waals surface area contributed by atoms with Crippen LogP contribution in [0.5, 0.6) is 0 Å². The van der Waals surface area contributed by atoms with Crippen molar-refractivity contribution in [2.24, 2.45) is 11.7 Å². The van der Waals surface area contributed by atoms with Gasteiger partial charge < -0.3 is 16.2 Å². The molecule has 5 heteroatoms. The molecule has 15 heavy (non-hydrogen) atoms. The number of rotatable bonds is 3. The number of carbonyl (C=O) groups is 2. The van der Waals surface area contributed by atoms with Crippen LogP contribution in [0.2, 0.25) is 0 Å². The van der Waals surface area contributed by atoms with Crippen LogP contribution >= 0.6 is 0 Å². The molecular formula is C10H18N2O3. The average Bonchev–Trinajstić information content (AvgIpc) is 2.20. The lowest BCUT2D eigenvalue weighted by atomic mass is 9.76. The Morgan fingerprint density at radius 3 is 2.47 bits per heavy atom. The van der Waals surface area contributed by atoms with E-state index in [1.54, 1.807) is 0 Å². The lowest BCUT2D eigenvalue weighted by molar-refractivity contribution is -0.134. The number of aliphatic hydroxyl groups is 1. The zero-order valence-electron chi connectivity index (χ0n) is 9.33. The molecule has 1 rings (SSSR count). The highest BCUT2D eigenvalue weighted by atomic mass is 16.3. The molecule has 2 unspecified atom stereocenters. The Balaban J connectivity index is 3.10. The molecule has 1 fully saturated rings. The third-order valence-corrected chi connectivity index (χ3v) is 2.91. The molecule has 0 radical (unpaired) electrons. The van der Waals surface area contributed by atoms with Crippen LogP contribution in [-0.4, -0.2) is 28.1 Å². The van der Waals surface area contributed by atoms with Crippen LogP contribution < -0.4 is 11.1 Å². The molecule has 0 spiro atoms. The summed E-state index contributed by atoms with van der Waals surface area (Å²) < 4.78 is 0. The monoisotopic (exact) mass is 214 g/mol. The first-order valence-electron chi connectivity index (χ1n) is 5.04. The predicted molar refractivity (Wildman–Crippen MR) is 54.8 cm³/mol. The number of primary amides is 1. The second kappa shape index (κ2) is 3.48. The Labute approximate surface area is 89.0 Å². The van der Waals surface area contributed by atoms with Crippen molar-refractivity contribution >= 4 is 11.8 Å². The van der Waals surface area contributed by atoms with Gasteiger partial charge in [0.25, 0.3) is 0 Å². The fourth-order valence-electron chi connectivity index (χ4n) is 2.19. The number of hydrogen-bond donors (Lipinski definition) is 3. The molecule has 0 aromatic carbocycles. The van der Waals surface area contributed by atoms with E-state index >= 15 is 0 Å². The lowest BCUT2D eigenvalue weighted by Crippen LogP contribution is -2.64. The summed E-state index contributed by atoms with van der Waals surface area (Å²) >= 11 is 0. The Hall–Kier alpha value is -1.10. The zero-order chi connectivity index (χ0) is 11.9. The third kappa shape index (κ3) is 1.84. The fourth-order valence-corrected chi connectivity index (χ4v) is 2.19. The predicted octanol–water partition coefficient (Wildman–Crippen LogP) is -0.472. The molecule has 1 aliphatic rings. The molecule has 2 atom stereocenters. The summed E-state index contributed by atoms with van der Waals surface area (Å²) in [5.74, 6) is -0.853. The van der Waals surface area contributed by atoms with Gasteiger partial charge in [0.2, 0.25) is 11.8 Å². The Morgan fingerprint density at radius 2 is 2.20 bits per heavy atom. The summed E-state index contributed by atoms with van der Waals surface area (Å²) in [4.78, 5) is 22.7. The van der Waals surface area contributed by atoms with Gasteiger partial charge in [-0.1, -0.05) is 13.8 Å². The first kappa shape index (κ1) is 12.0. The van der Waals surface area contributed by atoms with Crippen LogP contribution in [0.3, 0.4) is 0 Å². The van der Waals surface area contributed by atoms with Crippen LogP contribution in [0.15, 0.2) is 0 Å². The van der Waals surface area contributed by atoms with Gasteiger partial charge in [-0.3, -0.25) is 9.59 Å². The van der Waals surface area contributed by atoms with Crippen molar-refractivity contribution < 1.29 is 14.7 Å². The van der Waals surface area contributed by atoms with E-state index in [4.69, 9.17) is 5.73 Å².